The van der Waals surface area contributed by atoms with E-state index in [1.807, 2.05) is 16.7 Å². The van der Waals surface area contributed by atoms with E-state index in [1.165, 1.54) is 39.8 Å². The number of aromatic nitrogens is 4. The Morgan fingerprint density at radius 1 is 0.791 bits per heavy atom. The highest BCUT2D eigenvalue weighted by Crippen LogP contribution is 2.20. The number of nitrogens with one attached hydrogen (secondary N) is 1. The molecule has 0 bridgehead atoms. The van der Waals surface area contributed by atoms with E-state index in [1.54, 1.807) is 56.6 Å². The van der Waals surface area contributed by atoms with Crippen molar-refractivity contribution in [1.29, 1.82) is 5.41 Å². The molecule has 0 radical (unpaired) electrons. The van der Waals surface area contributed by atoms with Gasteiger partial charge < -0.3 is 10.3 Å². The minimum Gasteiger partial charge on any atom is -0.369 e. The molecule has 232 valence electrons. The molecule has 11 heteroatoms. The van der Waals surface area contributed by atoms with Gasteiger partial charge in [-0.15, -0.1) is 0 Å². The molecule has 43 heavy (non-hydrogen) atoms. The summed E-state index contributed by atoms with van der Waals surface area (Å²) < 4.78 is 4.55. The van der Waals surface area contributed by atoms with Crippen LogP contribution in [0.4, 0.5) is 5.95 Å². The van der Waals surface area contributed by atoms with Gasteiger partial charge in [0.2, 0.25) is 11.6 Å². The fourth-order valence-corrected chi connectivity index (χ4v) is 4.62. The number of hydrogen-bond acceptors (Lipinski definition) is 5. The third-order valence-electron chi connectivity index (χ3n) is 6.63. The summed E-state index contributed by atoms with van der Waals surface area (Å²) in [6, 6.07) is 17.5. The summed E-state index contributed by atoms with van der Waals surface area (Å²) in [7, 11) is 3.21. The second-order valence-corrected chi connectivity index (χ2v) is 11.6. The van der Waals surface area contributed by atoms with Gasteiger partial charge in [0.1, 0.15) is 0 Å². The lowest BCUT2D eigenvalue weighted by Crippen LogP contribution is -2.38. The van der Waals surface area contributed by atoms with Crippen LogP contribution in [0.3, 0.4) is 0 Å². The van der Waals surface area contributed by atoms with Gasteiger partial charge in [-0.3, -0.25) is 24.1 Å². The van der Waals surface area contributed by atoms with E-state index >= 15 is 0 Å². The van der Waals surface area contributed by atoms with Gasteiger partial charge in [-0.25, -0.2) is 4.98 Å². The number of alkyl halides is 1. The normalized spacial score (nSPS) is 10.4. The van der Waals surface area contributed by atoms with E-state index in [9.17, 15) is 9.59 Å². The minimum absolute atomic E-state index is 0.170. The van der Waals surface area contributed by atoms with Crippen molar-refractivity contribution >= 4 is 45.1 Å². The van der Waals surface area contributed by atoms with Gasteiger partial charge in [-0.2, -0.15) is 0 Å². The predicted octanol–water partition coefficient (Wildman–Crippen LogP) is 7.43. The molecule has 0 aliphatic carbocycles. The number of anilines is 1. The summed E-state index contributed by atoms with van der Waals surface area (Å²) in [6.45, 7) is 5.09. The molecule has 0 amide bonds. The van der Waals surface area contributed by atoms with Gasteiger partial charge in [0, 0.05) is 53.7 Å². The van der Waals surface area contributed by atoms with E-state index in [4.69, 9.17) is 34.3 Å². The van der Waals surface area contributed by atoms with Gasteiger partial charge in [0.05, 0.1) is 11.4 Å². The van der Waals surface area contributed by atoms with Crippen molar-refractivity contribution in [1.82, 2.24) is 18.7 Å². The first-order valence-corrected chi connectivity index (χ1v) is 16.2. The Balaban J connectivity index is 0.000000259. The SMILES string of the molecule is CCCCCBr.CCCCCn1c(-c2ccc(Cl)cc2)cc(=O)n(C)c1=N.Cn1c(N)nc(-c2ccc(Cl)cc2)cc1=O. The first-order chi connectivity index (χ1) is 20.5. The van der Waals surface area contributed by atoms with Crippen LogP contribution in [0.2, 0.25) is 10.0 Å². The summed E-state index contributed by atoms with van der Waals surface area (Å²) >= 11 is 15.0. The highest BCUT2D eigenvalue weighted by Gasteiger charge is 2.09. The van der Waals surface area contributed by atoms with Crippen LogP contribution in [0.5, 0.6) is 0 Å². The number of unbranched alkanes of at least 4 members (excludes halogenated alkanes) is 4. The third-order valence-corrected chi connectivity index (χ3v) is 7.69. The molecule has 0 atom stereocenters. The van der Waals surface area contributed by atoms with Crippen LogP contribution in [0.25, 0.3) is 22.5 Å². The van der Waals surface area contributed by atoms with Crippen molar-refractivity contribution in [3.63, 3.8) is 0 Å². The van der Waals surface area contributed by atoms with Crippen molar-refractivity contribution < 1.29 is 0 Å². The van der Waals surface area contributed by atoms with E-state index in [0.29, 0.717) is 15.7 Å². The van der Waals surface area contributed by atoms with E-state index in [-0.39, 0.29) is 22.7 Å². The second kappa shape index (κ2) is 18.5. The topological polar surface area (TPSA) is 112 Å². The number of hydrogen-bond donors (Lipinski definition) is 2. The van der Waals surface area contributed by atoms with Crippen molar-refractivity contribution in [3.05, 3.63) is 97.0 Å². The summed E-state index contributed by atoms with van der Waals surface area (Å²) in [4.78, 5) is 27.6. The fourth-order valence-electron chi connectivity index (χ4n) is 3.97. The first kappa shape index (κ1) is 36.1. The molecule has 4 aromatic rings. The van der Waals surface area contributed by atoms with Gasteiger partial charge in [-0.1, -0.05) is 103 Å². The Labute approximate surface area is 271 Å². The minimum atomic E-state index is -0.183. The fraction of sp³-hybridized carbons (Fsp3) is 0.375. The molecule has 0 spiro atoms. The van der Waals surface area contributed by atoms with Crippen LogP contribution in [0, 0.1) is 5.41 Å². The summed E-state index contributed by atoms with van der Waals surface area (Å²) in [5.74, 6) is 0.192. The van der Waals surface area contributed by atoms with E-state index in [2.05, 4.69) is 34.8 Å². The van der Waals surface area contributed by atoms with Crippen molar-refractivity contribution in [2.45, 2.75) is 58.9 Å². The second-order valence-electron chi connectivity index (χ2n) is 9.92. The quantitative estimate of drug-likeness (QED) is 0.140. The number of nitrogen functional groups attached to an aromatic ring is 1. The van der Waals surface area contributed by atoms with Crippen LogP contribution in [-0.4, -0.2) is 24.0 Å². The van der Waals surface area contributed by atoms with Crippen LogP contribution < -0.4 is 22.5 Å². The lowest BCUT2D eigenvalue weighted by atomic mass is 10.1. The molecule has 0 unspecified atom stereocenters. The molecule has 0 saturated carbocycles. The standard InChI is InChI=1S/C16H20ClN3O.C11H10ClN3O.C5H11Br/c1-3-4-5-10-20-14(11-15(21)19(2)16(20)18)12-6-8-13(17)9-7-12;1-15-10(16)6-9(14-11(15)13)7-2-4-8(12)5-3-7;1-2-3-4-5-6/h6-9,11,18H,3-5,10H2,1-2H3;2-6H,1H3,(H2,13,14);2-5H2,1H3. The molecule has 0 aliphatic heterocycles. The number of nitrogens with two attached hydrogens (primary N) is 1. The maximum Gasteiger partial charge on any atom is 0.255 e. The highest BCUT2D eigenvalue weighted by atomic mass is 79.9. The predicted molar refractivity (Wildman–Crippen MR) is 183 cm³/mol. The Kier molecular flexibility index (Phi) is 15.5. The van der Waals surface area contributed by atoms with Gasteiger partial charge in [0.15, 0.2) is 0 Å². The molecular formula is C32H41BrCl2N6O2. The van der Waals surface area contributed by atoms with Crippen molar-refractivity contribution in [2.75, 3.05) is 11.1 Å². The van der Waals surface area contributed by atoms with Crippen LogP contribution in [-0.2, 0) is 20.6 Å². The van der Waals surface area contributed by atoms with Crippen LogP contribution in [0.15, 0.2) is 70.3 Å². The van der Waals surface area contributed by atoms with Crippen molar-refractivity contribution in [3.8, 4) is 22.5 Å². The molecular weight excluding hydrogens is 651 g/mol. The van der Waals surface area contributed by atoms with Crippen LogP contribution >= 0.6 is 39.1 Å². The molecule has 2 aromatic heterocycles. The lowest BCUT2D eigenvalue weighted by molar-refractivity contribution is 0.539. The third kappa shape index (κ3) is 11.1. The molecule has 0 fully saturated rings. The first-order valence-electron chi connectivity index (χ1n) is 14.3. The number of benzene rings is 2. The zero-order valence-electron chi connectivity index (χ0n) is 25.2. The molecule has 2 aromatic carbocycles. The van der Waals surface area contributed by atoms with E-state index in [0.717, 1.165) is 42.6 Å². The Morgan fingerprint density at radius 3 is 1.79 bits per heavy atom. The molecule has 0 aliphatic rings. The average molecular weight is 693 g/mol. The molecule has 4 rings (SSSR count). The maximum absolute atomic E-state index is 12.0. The zero-order valence-corrected chi connectivity index (χ0v) is 28.3. The monoisotopic (exact) mass is 690 g/mol. The average Bonchev–Trinajstić information content (AvgIpc) is 3.00. The Hall–Kier alpha value is -3.14. The lowest BCUT2D eigenvalue weighted by Gasteiger charge is -2.15. The van der Waals surface area contributed by atoms with Gasteiger partial charge in [-0.05, 0) is 42.7 Å². The summed E-state index contributed by atoms with van der Waals surface area (Å²) in [5, 5.41) is 10.7. The van der Waals surface area contributed by atoms with E-state index < -0.39 is 0 Å². The summed E-state index contributed by atoms with van der Waals surface area (Å²) in [5.41, 5.74) is 8.53. The molecule has 0 saturated heterocycles. The summed E-state index contributed by atoms with van der Waals surface area (Å²) in [6.07, 6.45) is 7.24. The van der Waals surface area contributed by atoms with Gasteiger partial charge in [0.25, 0.3) is 11.1 Å². The maximum atomic E-state index is 12.0. The smallest absolute Gasteiger partial charge is 0.255 e. The molecule has 3 N–H and O–H groups in total. The molecule has 8 nitrogen and oxygen atoms in total. The highest BCUT2D eigenvalue weighted by molar-refractivity contribution is 9.09. The largest absolute Gasteiger partial charge is 0.369 e. The Bertz CT molecular complexity index is 1610. The Morgan fingerprint density at radius 2 is 1.30 bits per heavy atom. The van der Waals surface area contributed by atoms with Crippen molar-refractivity contribution in [2.24, 2.45) is 14.1 Å². The number of rotatable bonds is 9. The number of nitrogens with zero attached hydrogens (tertiary/aromatic N) is 4. The molecule has 2 heterocycles. The zero-order chi connectivity index (χ0) is 31.9. The number of halogens is 3. The van der Waals surface area contributed by atoms with Crippen LogP contribution in [0.1, 0.15) is 52.4 Å². The van der Waals surface area contributed by atoms with Gasteiger partial charge >= 0.3 is 0 Å².